The second-order valence-corrected chi connectivity index (χ2v) is 5.33. The zero-order valence-corrected chi connectivity index (χ0v) is 11.8. The molecule has 0 aliphatic heterocycles. The molecule has 2 aromatic carbocycles. The molecule has 3 aromatic rings. The van der Waals surface area contributed by atoms with Crippen molar-refractivity contribution in [1.82, 2.24) is 4.98 Å². The van der Waals surface area contributed by atoms with Gasteiger partial charge in [0.1, 0.15) is 5.75 Å². The van der Waals surface area contributed by atoms with Crippen LogP contribution in [0.15, 0.2) is 42.5 Å². The Morgan fingerprint density at radius 1 is 1.05 bits per heavy atom. The number of ketones is 1. The molecule has 1 N–H and O–H groups in total. The average molecular weight is 277 g/mol. The highest BCUT2D eigenvalue weighted by atomic mass is 16.5. The summed E-state index contributed by atoms with van der Waals surface area (Å²) in [6.45, 7) is 0. The van der Waals surface area contributed by atoms with Crippen LogP contribution in [0.2, 0.25) is 0 Å². The number of ether oxygens (including phenoxy) is 1. The van der Waals surface area contributed by atoms with Crippen LogP contribution in [0.1, 0.15) is 22.3 Å². The van der Waals surface area contributed by atoms with E-state index in [9.17, 15) is 4.79 Å². The lowest BCUT2D eigenvalue weighted by Crippen LogP contribution is -2.08. The summed E-state index contributed by atoms with van der Waals surface area (Å²) in [7, 11) is 1.66. The van der Waals surface area contributed by atoms with Gasteiger partial charge in [-0.1, -0.05) is 30.3 Å². The summed E-state index contributed by atoms with van der Waals surface area (Å²) in [6, 6.07) is 14.0. The summed E-state index contributed by atoms with van der Waals surface area (Å²) < 4.78 is 5.45. The number of aromatic nitrogens is 1. The predicted molar refractivity (Wildman–Crippen MR) is 82.9 cm³/mol. The molecule has 0 amide bonds. The van der Waals surface area contributed by atoms with Crippen LogP contribution in [-0.2, 0) is 6.42 Å². The van der Waals surface area contributed by atoms with Crippen molar-refractivity contribution < 1.29 is 9.53 Å². The molecule has 0 bridgehead atoms. The van der Waals surface area contributed by atoms with Gasteiger partial charge in [0, 0.05) is 23.1 Å². The summed E-state index contributed by atoms with van der Waals surface area (Å²) in [5, 5.41) is 1.03. The summed E-state index contributed by atoms with van der Waals surface area (Å²) >= 11 is 0. The van der Waals surface area contributed by atoms with Crippen molar-refractivity contribution >= 4 is 16.7 Å². The third-order valence-corrected chi connectivity index (χ3v) is 4.21. The number of hydrogen-bond acceptors (Lipinski definition) is 2. The highest BCUT2D eigenvalue weighted by molar-refractivity contribution is 6.13. The first kappa shape index (κ1) is 12.2. The zero-order valence-electron chi connectivity index (χ0n) is 11.8. The van der Waals surface area contributed by atoms with E-state index in [0.29, 0.717) is 6.42 Å². The quantitative estimate of drug-likeness (QED) is 0.770. The summed E-state index contributed by atoms with van der Waals surface area (Å²) in [5.41, 5.74) is 5.21. The standard InChI is InChI=1S/C18H15NO2/c1-21-15-10-8-12-14(20)9-7-13-16(12)18(15)19-17(13)11-5-3-2-4-6-11/h2-6,8,10,19H,7,9H2,1H3. The Kier molecular flexibility index (Phi) is 2.61. The molecule has 3 heteroatoms. The van der Waals surface area contributed by atoms with Gasteiger partial charge in [-0.05, 0) is 29.7 Å². The maximum Gasteiger partial charge on any atom is 0.163 e. The van der Waals surface area contributed by atoms with Crippen LogP contribution in [0.4, 0.5) is 0 Å². The second kappa shape index (κ2) is 4.48. The summed E-state index contributed by atoms with van der Waals surface area (Å²) in [6.07, 6.45) is 1.36. The second-order valence-electron chi connectivity index (χ2n) is 5.33. The first-order valence-electron chi connectivity index (χ1n) is 7.09. The number of methoxy groups -OCH3 is 1. The number of carbonyl (C=O) groups excluding carboxylic acids is 1. The normalized spacial score (nSPS) is 13.7. The fraction of sp³-hybridized carbons (Fsp3) is 0.167. The molecule has 1 aliphatic carbocycles. The number of aryl methyl sites for hydroxylation is 1. The Hall–Kier alpha value is -2.55. The third-order valence-electron chi connectivity index (χ3n) is 4.21. The predicted octanol–water partition coefficient (Wildman–Crippen LogP) is 3.97. The van der Waals surface area contributed by atoms with E-state index in [0.717, 1.165) is 39.9 Å². The Labute approximate surface area is 122 Å². The Bertz CT molecular complexity index is 847. The van der Waals surface area contributed by atoms with E-state index in [-0.39, 0.29) is 5.78 Å². The molecule has 0 radical (unpaired) electrons. The SMILES string of the molecule is COc1ccc2c3c(c(-c4ccccc4)[nH]c13)CCC2=O. The van der Waals surface area contributed by atoms with E-state index >= 15 is 0 Å². The van der Waals surface area contributed by atoms with Gasteiger partial charge in [-0.25, -0.2) is 0 Å². The van der Waals surface area contributed by atoms with Crippen LogP contribution in [0.5, 0.6) is 5.75 Å². The topological polar surface area (TPSA) is 42.1 Å². The van der Waals surface area contributed by atoms with Crippen LogP contribution in [0.3, 0.4) is 0 Å². The van der Waals surface area contributed by atoms with Crippen molar-refractivity contribution in [3.8, 4) is 17.0 Å². The number of benzene rings is 2. The largest absolute Gasteiger partial charge is 0.495 e. The Balaban J connectivity index is 2.10. The van der Waals surface area contributed by atoms with E-state index in [2.05, 4.69) is 17.1 Å². The van der Waals surface area contributed by atoms with Gasteiger partial charge in [0.15, 0.2) is 5.78 Å². The highest BCUT2D eigenvalue weighted by Crippen LogP contribution is 2.40. The molecular formula is C18H15NO2. The molecule has 0 unspecified atom stereocenters. The minimum absolute atomic E-state index is 0.216. The van der Waals surface area contributed by atoms with Crippen LogP contribution >= 0.6 is 0 Å². The van der Waals surface area contributed by atoms with Crippen molar-refractivity contribution in [3.63, 3.8) is 0 Å². The number of carbonyl (C=O) groups is 1. The lowest BCUT2D eigenvalue weighted by Gasteiger charge is -2.13. The molecule has 3 nitrogen and oxygen atoms in total. The van der Waals surface area contributed by atoms with E-state index in [1.807, 2.05) is 30.3 Å². The minimum Gasteiger partial charge on any atom is -0.495 e. The molecule has 1 heterocycles. The average Bonchev–Trinajstić information content (AvgIpc) is 2.92. The molecule has 0 spiro atoms. The van der Waals surface area contributed by atoms with Gasteiger partial charge in [0.2, 0.25) is 0 Å². The molecule has 4 rings (SSSR count). The Morgan fingerprint density at radius 3 is 2.62 bits per heavy atom. The molecule has 0 atom stereocenters. The van der Waals surface area contributed by atoms with Crippen molar-refractivity contribution in [1.29, 1.82) is 0 Å². The van der Waals surface area contributed by atoms with E-state index in [1.165, 1.54) is 5.56 Å². The van der Waals surface area contributed by atoms with Gasteiger partial charge in [0.25, 0.3) is 0 Å². The molecule has 0 fully saturated rings. The van der Waals surface area contributed by atoms with Crippen LogP contribution in [0, 0.1) is 0 Å². The molecule has 0 saturated carbocycles. The Morgan fingerprint density at radius 2 is 1.86 bits per heavy atom. The van der Waals surface area contributed by atoms with Gasteiger partial charge in [-0.2, -0.15) is 0 Å². The number of nitrogens with one attached hydrogen (secondary N) is 1. The van der Waals surface area contributed by atoms with Gasteiger partial charge in [0.05, 0.1) is 12.6 Å². The monoisotopic (exact) mass is 277 g/mol. The maximum atomic E-state index is 12.2. The summed E-state index contributed by atoms with van der Waals surface area (Å²) in [5.74, 6) is 1.00. The van der Waals surface area contributed by atoms with Crippen molar-refractivity contribution in [2.75, 3.05) is 7.11 Å². The van der Waals surface area contributed by atoms with E-state index < -0.39 is 0 Å². The van der Waals surface area contributed by atoms with Crippen molar-refractivity contribution in [2.24, 2.45) is 0 Å². The van der Waals surface area contributed by atoms with Crippen molar-refractivity contribution in [3.05, 3.63) is 53.6 Å². The smallest absolute Gasteiger partial charge is 0.163 e. The van der Waals surface area contributed by atoms with E-state index in [1.54, 1.807) is 7.11 Å². The number of Topliss-reactive ketones (excluding diaryl/α,β-unsaturated/α-hetero) is 1. The third kappa shape index (κ3) is 1.70. The number of aromatic amines is 1. The fourth-order valence-corrected chi connectivity index (χ4v) is 3.22. The molecule has 0 saturated heterocycles. The number of H-pyrrole nitrogens is 1. The van der Waals surface area contributed by atoms with Gasteiger partial charge >= 0.3 is 0 Å². The van der Waals surface area contributed by atoms with Gasteiger partial charge in [-0.15, -0.1) is 0 Å². The number of rotatable bonds is 2. The van der Waals surface area contributed by atoms with Gasteiger partial charge < -0.3 is 9.72 Å². The van der Waals surface area contributed by atoms with Crippen LogP contribution < -0.4 is 4.74 Å². The van der Waals surface area contributed by atoms with E-state index in [4.69, 9.17) is 4.74 Å². The molecule has 1 aromatic heterocycles. The molecule has 104 valence electrons. The lowest BCUT2D eigenvalue weighted by molar-refractivity contribution is 0.0982. The summed E-state index contributed by atoms with van der Waals surface area (Å²) in [4.78, 5) is 15.6. The maximum absolute atomic E-state index is 12.2. The molecule has 1 aliphatic rings. The van der Waals surface area contributed by atoms with Gasteiger partial charge in [-0.3, -0.25) is 4.79 Å². The molecular weight excluding hydrogens is 262 g/mol. The minimum atomic E-state index is 0.216. The van der Waals surface area contributed by atoms with Crippen LogP contribution in [-0.4, -0.2) is 17.9 Å². The van der Waals surface area contributed by atoms with Crippen LogP contribution in [0.25, 0.3) is 22.2 Å². The lowest BCUT2D eigenvalue weighted by atomic mass is 9.89. The first-order valence-corrected chi connectivity index (χ1v) is 7.09. The zero-order chi connectivity index (χ0) is 14.4. The highest BCUT2D eigenvalue weighted by Gasteiger charge is 2.25. The number of hydrogen-bond donors (Lipinski definition) is 1. The molecule has 21 heavy (non-hydrogen) atoms. The van der Waals surface area contributed by atoms with Crippen molar-refractivity contribution in [2.45, 2.75) is 12.8 Å². The fourth-order valence-electron chi connectivity index (χ4n) is 3.22. The first-order chi connectivity index (χ1) is 10.3.